The van der Waals surface area contributed by atoms with Gasteiger partial charge in [0, 0.05) is 0 Å². The Labute approximate surface area is 124 Å². The second-order valence-corrected chi connectivity index (χ2v) is 7.62. The molecule has 20 heavy (non-hydrogen) atoms. The zero-order valence-electron chi connectivity index (χ0n) is 13.3. The molecule has 0 spiro atoms. The van der Waals surface area contributed by atoms with Crippen molar-refractivity contribution in [1.82, 2.24) is 0 Å². The van der Waals surface area contributed by atoms with Crippen LogP contribution in [0.4, 0.5) is 0 Å². The van der Waals surface area contributed by atoms with Crippen LogP contribution < -0.4 is 0 Å². The van der Waals surface area contributed by atoms with Gasteiger partial charge in [-0.3, -0.25) is 5.41 Å². The highest BCUT2D eigenvalue weighted by Gasteiger charge is 2.36. The van der Waals surface area contributed by atoms with Crippen LogP contribution in [0.2, 0.25) is 0 Å². The highest BCUT2D eigenvalue weighted by atomic mass is 32.2. The van der Waals surface area contributed by atoms with Crippen molar-refractivity contribution in [3.63, 3.8) is 0 Å². The zero-order chi connectivity index (χ0) is 16.1. The van der Waals surface area contributed by atoms with E-state index in [2.05, 4.69) is 10.2 Å². The summed E-state index contributed by atoms with van der Waals surface area (Å²) in [6, 6.07) is 0. The third kappa shape index (κ3) is 7.42. The molecular weight excluding hydrogens is 278 g/mol. The summed E-state index contributed by atoms with van der Waals surface area (Å²) < 4.78 is 0. The molecule has 0 aromatic carbocycles. The Bertz CT molecular complexity index is 377. The summed E-state index contributed by atoms with van der Waals surface area (Å²) in [5, 5.41) is 39.8. The maximum absolute atomic E-state index is 12.1. The smallest absolute Gasteiger partial charge is 0.458 e. The van der Waals surface area contributed by atoms with Crippen molar-refractivity contribution in [2.45, 2.75) is 65.7 Å². The van der Waals surface area contributed by atoms with Gasteiger partial charge >= 0.3 is 6.17 Å². The Hall–Kier alpha value is -1.18. The second kappa shape index (κ2) is 7.01. The van der Waals surface area contributed by atoms with Crippen molar-refractivity contribution < 1.29 is 9.72 Å². The van der Waals surface area contributed by atoms with E-state index < -0.39 is 17.2 Å². The van der Waals surface area contributed by atoms with Crippen LogP contribution in [0, 0.1) is 15.8 Å². The number of hydrogen-bond acceptors (Lipinski definition) is 6. The van der Waals surface area contributed by atoms with Crippen LogP contribution >= 0.6 is 11.8 Å². The first-order valence-electron chi connectivity index (χ1n) is 6.47. The minimum Gasteiger partial charge on any atom is -0.594 e. The predicted molar refractivity (Wildman–Crippen MR) is 81.3 cm³/mol. The van der Waals surface area contributed by atoms with Gasteiger partial charge in [0.1, 0.15) is 11.1 Å². The molecule has 0 saturated heterocycles. The van der Waals surface area contributed by atoms with Crippen molar-refractivity contribution in [3.05, 3.63) is 10.4 Å². The van der Waals surface area contributed by atoms with E-state index in [4.69, 9.17) is 5.41 Å². The Morgan fingerprint density at radius 3 is 1.65 bits per heavy atom. The molecule has 0 heterocycles. The fraction of sp³-hybridized carbons (Fsp3) is 0.917. The SMILES string of the molecule is CCSC(=N)C([N+]([O-])=NC(C)(C)C)[N+]([O-])=NC(C)(C)C. The van der Waals surface area contributed by atoms with Crippen LogP contribution in [0.3, 0.4) is 0 Å². The molecular formula is C12H25N5O2S. The minimum atomic E-state index is -1.36. The van der Waals surface area contributed by atoms with Crippen molar-refractivity contribution in [1.29, 1.82) is 5.41 Å². The summed E-state index contributed by atoms with van der Waals surface area (Å²) in [5.74, 6) is 0.599. The van der Waals surface area contributed by atoms with Gasteiger partial charge in [0.05, 0.1) is 0 Å². The van der Waals surface area contributed by atoms with Gasteiger partial charge in [-0.15, -0.1) is 0 Å². The molecule has 0 aliphatic rings. The van der Waals surface area contributed by atoms with Crippen molar-refractivity contribution in [3.8, 4) is 0 Å². The van der Waals surface area contributed by atoms with Gasteiger partial charge in [0.2, 0.25) is 5.04 Å². The van der Waals surface area contributed by atoms with Gasteiger partial charge in [-0.25, -0.2) is 0 Å². The maximum Gasteiger partial charge on any atom is 0.458 e. The summed E-state index contributed by atoms with van der Waals surface area (Å²) in [7, 11) is 0. The van der Waals surface area contributed by atoms with E-state index in [1.807, 2.05) is 6.92 Å². The first kappa shape index (κ1) is 18.8. The molecule has 0 aliphatic carbocycles. The molecule has 116 valence electrons. The Morgan fingerprint density at radius 2 is 1.40 bits per heavy atom. The Morgan fingerprint density at radius 1 is 1.05 bits per heavy atom. The molecule has 0 bridgehead atoms. The van der Waals surface area contributed by atoms with Gasteiger partial charge in [-0.05, 0) is 67.2 Å². The lowest BCUT2D eigenvalue weighted by molar-refractivity contribution is -0.763. The zero-order valence-corrected chi connectivity index (χ0v) is 14.1. The Kier molecular flexibility index (Phi) is 6.60. The fourth-order valence-electron chi connectivity index (χ4n) is 1.22. The van der Waals surface area contributed by atoms with Crippen LogP contribution in [-0.4, -0.2) is 37.8 Å². The number of nitrogens with one attached hydrogen (secondary N) is 1. The standard InChI is InChI=1S/C12H25N5O2S/c1-8-20-9(13)10(16(18)14-11(2,3)4)17(19)15-12(5,6)7/h10,13H,8H2,1-7H3. The lowest BCUT2D eigenvalue weighted by atomic mass is 10.1. The third-order valence-corrected chi connectivity index (χ3v) is 2.56. The first-order valence-corrected chi connectivity index (χ1v) is 7.45. The average Bonchev–Trinajstić information content (AvgIpc) is 2.11. The molecule has 0 aliphatic heterocycles. The third-order valence-electron chi connectivity index (χ3n) is 1.75. The van der Waals surface area contributed by atoms with Gasteiger partial charge in [-0.1, -0.05) is 18.7 Å². The summed E-state index contributed by atoms with van der Waals surface area (Å²) in [6.45, 7) is 12.4. The van der Waals surface area contributed by atoms with E-state index in [9.17, 15) is 10.4 Å². The lowest BCUT2D eigenvalue weighted by Crippen LogP contribution is -2.39. The van der Waals surface area contributed by atoms with Crippen molar-refractivity contribution in [2.75, 3.05) is 5.75 Å². The first-order chi connectivity index (χ1) is 8.87. The van der Waals surface area contributed by atoms with E-state index in [-0.39, 0.29) is 14.8 Å². The molecule has 0 aromatic heterocycles. The van der Waals surface area contributed by atoms with E-state index in [0.29, 0.717) is 5.75 Å². The van der Waals surface area contributed by atoms with Gasteiger partial charge in [0.15, 0.2) is 0 Å². The summed E-state index contributed by atoms with van der Waals surface area (Å²) >= 11 is 1.13. The van der Waals surface area contributed by atoms with Crippen LogP contribution in [0.1, 0.15) is 48.5 Å². The number of rotatable bonds is 4. The number of azo groups is 2. The van der Waals surface area contributed by atoms with Crippen molar-refractivity contribution in [2.24, 2.45) is 10.2 Å². The predicted octanol–water partition coefficient (Wildman–Crippen LogP) is 3.56. The Balaban J connectivity index is 5.58. The number of hydrogen-bond donors (Lipinski definition) is 1. The quantitative estimate of drug-likeness (QED) is 0.214. The largest absolute Gasteiger partial charge is 0.594 e. The van der Waals surface area contributed by atoms with Crippen LogP contribution in [0.15, 0.2) is 10.2 Å². The molecule has 0 fully saturated rings. The lowest BCUT2D eigenvalue weighted by Gasteiger charge is -2.17. The highest BCUT2D eigenvalue weighted by Crippen LogP contribution is 2.16. The van der Waals surface area contributed by atoms with E-state index in [0.717, 1.165) is 11.8 Å². The van der Waals surface area contributed by atoms with Gasteiger partial charge in [-0.2, -0.15) is 0 Å². The van der Waals surface area contributed by atoms with Crippen LogP contribution in [0.5, 0.6) is 0 Å². The summed E-state index contributed by atoms with van der Waals surface area (Å²) in [6.07, 6.45) is -1.36. The normalized spacial score (nSPS) is 16.1. The average molecular weight is 303 g/mol. The molecule has 7 nitrogen and oxygen atoms in total. The van der Waals surface area contributed by atoms with Crippen LogP contribution in [-0.2, 0) is 0 Å². The molecule has 1 N–H and O–H groups in total. The molecule has 0 rings (SSSR count). The summed E-state index contributed by atoms with van der Waals surface area (Å²) in [5.41, 5.74) is -1.25. The van der Waals surface area contributed by atoms with Crippen LogP contribution in [0.25, 0.3) is 0 Å². The van der Waals surface area contributed by atoms with E-state index in [1.54, 1.807) is 41.5 Å². The van der Waals surface area contributed by atoms with E-state index >= 15 is 0 Å². The molecule has 0 radical (unpaired) electrons. The molecule has 0 aromatic rings. The number of nitrogens with zero attached hydrogens (tertiary/aromatic N) is 4. The molecule has 8 heteroatoms. The molecule has 0 amide bonds. The minimum absolute atomic E-state index is 0.0569. The molecule has 0 unspecified atom stereocenters. The second-order valence-electron chi connectivity index (χ2n) is 6.32. The maximum atomic E-state index is 12.1. The number of hydroxylamine groups is 2. The van der Waals surface area contributed by atoms with Crippen molar-refractivity contribution >= 4 is 16.8 Å². The number of thioether (sulfide) groups is 1. The van der Waals surface area contributed by atoms with Gasteiger partial charge < -0.3 is 10.4 Å². The van der Waals surface area contributed by atoms with Gasteiger partial charge in [0.25, 0.3) is 0 Å². The fourth-order valence-corrected chi connectivity index (χ4v) is 1.86. The highest BCUT2D eigenvalue weighted by molar-refractivity contribution is 8.13. The molecule has 0 atom stereocenters. The summed E-state index contributed by atoms with van der Waals surface area (Å²) in [4.78, 5) is 0.570. The topological polar surface area (TPSA) is 101 Å². The molecule has 0 saturated carbocycles. The van der Waals surface area contributed by atoms with E-state index in [1.165, 1.54) is 0 Å². The monoisotopic (exact) mass is 303 g/mol.